The second-order valence-electron chi connectivity index (χ2n) is 5.48. The van der Waals surface area contributed by atoms with Crippen molar-refractivity contribution in [2.75, 3.05) is 7.05 Å². The van der Waals surface area contributed by atoms with E-state index in [2.05, 4.69) is 60.2 Å². The van der Waals surface area contributed by atoms with Crippen LogP contribution in [0, 0.1) is 12.8 Å². The summed E-state index contributed by atoms with van der Waals surface area (Å²) in [4.78, 5) is 6.25. The average molecular weight is 353 g/mol. The maximum atomic E-state index is 4.89. The van der Waals surface area contributed by atoms with E-state index in [-0.39, 0.29) is 0 Å². The lowest BCUT2D eigenvalue weighted by molar-refractivity contribution is 0.631. The fourth-order valence-corrected chi connectivity index (χ4v) is 3.88. The Morgan fingerprint density at radius 3 is 2.70 bits per heavy atom. The van der Waals surface area contributed by atoms with Crippen LogP contribution < -0.4 is 5.32 Å². The van der Waals surface area contributed by atoms with Crippen LogP contribution in [-0.2, 0) is 13.0 Å². The fourth-order valence-electron chi connectivity index (χ4n) is 2.21. The largest absolute Gasteiger partial charge is 0.315 e. The molecular weight excluding hydrogens is 332 g/mol. The highest BCUT2D eigenvalue weighted by Gasteiger charge is 2.14. The Kier molecular flexibility index (Phi) is 5.35. The van der Waals surface area contributed by atoms with E-state index in [0.29, 0.717) is 5.92 Å². The minimum absolute atomic E-state index is 0.631. The SMILES string of the molecule is CNCc1sc(-c2ccc(Br)cc2C)nc1CC(C)C. The zero-order chi connectivity index (χ0) is 14.7. The number of hydrogen-bond acceptors (Lipinski definition) is 3. The molecule has 20 heavy (non-hydrogen) atoms. The average Bonchev–Trinajstić information content (AvgIpc) is 2.72. The van der Waals surface area contributed by atoms with E-state index >= 15 is 0 Å². The second kappa shape index (κ2) is 6.83. The van der Waals surface area contributed by atoms with Gasteiger partial charge in [-0.15, -0.1) is 11.3 Å². The third-order valence-electron chi connectivity index (χ3n) is 3.14. The zero-order valence-electron chi connectivity index (χ0n) is 12.5. The fraction of sp³-hybridized carbons (Fsp3) is 0.438. The van der Waals surface area contributed by atoms with E-state index in [1.165, 1.54) is 21.7 Å². The molecule has 0 aliphatic heterocycles. The van der Waals surface area contributed by atoms with Gasteiger partial charge in [-0.05, 0) is 44.0 Å². The summed E-state index contributed by atoms with van der Waals surface area (Å²) in [7, 11) is 1.99. The first-order chi connectivity index (χ1) is 9.51. The third-order valence-corrected chi connectivity index (χ3v) is 4.76. The van der Waals surface area contributed by atoms with Gasteiger partial charge >= 0.3 is 0 Å². The number of rotatable bonds is 5. The van der Waals surface area contributed by atoms with Crippen LogP contribution in [0.25, 0.3) is 10.6 Å². The Balaban J connectivity index is 2.41. The third kappa shape index (κ3) is 3.68. The monoisotopic (exact) mass is 352 g/mol. The first-order valence-electron chi connectivity index (χ1n) is 6.91. The quantitative estimate of drug-likeness (QED) is 0.835. The molecule has 0 fully saturated rings. The van der Waals surface area contributed by atoms with E-state index in [1.54, 1.807) is 0 Å². The number of aromatic nitrogens is 1. The molecule has 0 amide bonds. The maximum Gasteiger partial charge on any atom is 0.124 e. The Hall–Kier alpha value is -0.710. The predicted octanol–water partition coefficient (Wildman–Crippen LogP) is 4.80. The Morgan fingerprint density at radius 2 is 2.10 bits per heavy atom. The van der Waals surface area contributed by atoms with E-state index in [9.17, 15) is 0 Å². The molecule has 0 unspecified atom stereocenters. The number of hydrogen-bond donors (Lipinski definition) is 1. The Labute approximate surface area is 133 Å². The van der Waals surface area contributed by atoms with Gasteiger partial charge in [0.1, 0.15) is 5.01 Å². The van der Waals surface area contributed by atoms with Crippen molar-refractivity contribution in [1.29, 1.82) is 0 Å². The lowest BCUT2D eigenvalue weighted by Gasteiger charge is -2.04. The molecule has 2 aromatic rings. The summed E-state index contributed by atoms with van der Waals surface area (Å²) >= 11 is 5.33. The first kappa shape index (κ1) is 15.7. The normalized spacial score (nSPS) is 11.3. The van der Waals surface area contributed by atoms with Gasteiger partial charge in [0.2, 0.25) is 0 Å². The van der Waals surface area contributed by atoms with Crippen molar-refractivity contribution in [1.82, 2.24) is 10.3 Å². The van der Waals surface area contributed by atoms with Crippen molar-refractivity contribution in [3.8, 4) is 10.6 Å². The minimum atomic E-state index is 0.631. The van der Waals surface area contributed by atoms with Crippen LogP contribution in [0.15, 0.2) is 22.7 Å². The number of aryl methyl sites for hydroxylation is 1. The highest BCUT2D eigenvalue weighted by atomic mass is 79.9. The smallest absolute Gasteiger partial charge is 0.124 e. The van der Waals surface area contributed by atoms with Gasteiger partial charge in [0, 0.05) is 21.5 Å². The van der Waals surface area contributed by atoms with E-state index in [0.717, 1.165) is 22.4 Å². The van der Waals surface area contributed by atoms with E-state index in [1.807, 2.05) is 18.4 Å². The van der Waals surface area contributed by atoms with Crippen molar-refractivity contribution in [3.05, 3.63) is 38.8 Å². The molecular formula is C16H21BrN2S. The molecule has 0 spiro atoms. The molecule has 0 atom stereocenters. The van der Waals surface area contributed by atoms with Gasteiger partial charge in [-0.2, -0.15) is 0 Å². The van der Waals surface area contributed by atoms with Gasteiger partial charge in [0.05, 0.1) is 5.69 Å². The summed E-state index contributed by atoms with van der Waals surface area (Å²) in [5, 5.41) is 4.38. The van der Waals surface area contributed by atoms with Crippen LogP contribution in [0.2, 0.25) is 0 Å². The highest BCUT2D eigenvalue weighted by molar-refractivity contribution is 9.10. The number of halogens is 1. The molecule has 0 aliphatic rings. The standard InChI is InChI=1S/C16H21BrN2S/c1-10(2)7-14-15(9-18-4)20-16(19-14)13-6-5-12(17)8-11(13)3/h5-6,8,10,18H,7,9H2,1-4H3. The summed E-state index contributed by atoms with van der Waals surface area (Å²) in [5.74, 6) is 0.631. The van der Waals surface area contributed by atoms with E-state index in [4.69, 9.17) is 4.98 Å². The lowest BCUT2D eigenvalue weighted by Crippen LogP contribution is -2.07. The molecule has 1 heterocycles. The highest BCUT2D eigenvalue weighted by Crippen LogP contribution is 2.32. The van der Waals surface area contributed by atoms with Crippen molar-refractivity contribution in [2.24, 2.45) is 5.92 Å². The van der Waals surface area contributed by atoms with Crippen molar-refractivity contribution < 1.29 is 0 Å². The van der Waals surface area contributed by atoms with Crippen LogP contribution in [0.1, 0.15) is 30.0 Å². The van der Waals surface area contributed by atoms with Gasteiger partial charge in [-0.1, -0.05) is 35.8 Å². The molecule has 0 saturated carbocycles. The number of thiazole rings is 1. The summed E-state index contributed by atoms with van der Waals surface area (Å²) < 4.78 is 1.12. The van der Waals surface area contributed by atoms with Gasteiger partial charge < -0.3 is 5.32 Å². The Morgan fingerprint density at radius 1 is 1.35 bits per heavy atom. The molecule has 108 valence electrons. The minimum Gasteiger partial charge on any atom is -0.315 e. The lowest BCUT2D eigenvalue weighted by atomic mass is 10.1. The molecule has 0 aliphatic carbocycles. The molecule has 2 rings (SSSR count). The molecule has 2 nitrogen and oxygen atoms in total. The number of nitrogens with one attached hydrogen (secondary N) is 1. The van der Waals surface area contributed by atoms with Gasteiger partial charge in [0.25, 0.3) is 0 Å². The van der Waals surface area contributed by atoms with Crippen molar-refractivity contribution in [3.63, 3.8) is 0 Å². The first-order valence-corrected chi connectivity index (χ1v) is 8.52. The molecule has 1 aromatic carbocycles. The zero-order valence-corrected chi connectivity index (χ0v) is 14.9. The van der Waals surface area contributed by atoms with Crippen molar-refractivity contribution >= 4 is 27.3 Å². The van der Waals surface area contributed by atoms with Crippen LogP contribution in [0.3, 0.4) is 0 Å². The molecule has 1 N–H and O–H groups in total. The van der Waals surface area contributed by atoms with Crippen LogP contribution in [0.5, 0.6) is 0 Å². The molecule has 0 bridgehead atoms. The van der Waals surface area contributed by atoms with Crippen molar-refractivity contribution in [2.45, 2.75) is 33.7 Å². The number of nitrogens with zero attached hydrogens (tertiary/aromatic N) is 1. The maximum absolute atomic E-state index is 4.89. The second-order valence-corrected chi connectivity index (χ2v) is 7.48. The van der Waals surface area contributed by atoms with Gasteiger partial charge in [-0.3, -0.25) is 0 Å². The summed E-state index contributed by atoms with van der Waals surface area (Å²) in [6, 6.07) is 6.39. The Bertz CT molecular complexity index is 590. The van der Waals surface area contributed by atoms with Crippen LogP contribution >= 0.6 is 27.3 Å². The molecule has 1 aromatic heterocycles. The topological polar surface area (TPSA) is 24.9 Å². The summed E-state index contributed by atoms with van der Waals surface area (Å²) in [6.45, 7) is 7.52. The van der Waals surface area contributed by atoms with E-state index < -0.39 is 0 Å². The van der Waals surface area contributed by atoms with Gasteiger partial charge in [-0.25, -0.2) is 4.98 Å². The van der Waals surface area contributed by atoms with Gasteiger partial charge in [0.15, 0.2) is 0 Å². The molecule has 0 radical (unpaired) electrons. The predicted molar refractivity (Wildman–Crippen MR) is 91.3 cm³/mol. The number of benzene rings is 1. The van der Waals surface area contributed by atoms with Crippen LogP contribution in [0.4, 0.5) is 0 Å². The molecule has 0 saturated heterocycles. The van der Waals surface area contributed by atoms with Crippen LogP contribution in [-0.4, -0.2) is 12.0 Å². The summed E-state index contributed by atoms with van der Waals surface area (Å²) in [6.07, 6.45) is 1.04. The summed E-state index contributed by atoms with van der Waals surface area (Å²) in [5.41, 5.74) is 3.75. The molecule has 4 heteroatoms.